The van der Waals surface area contributed by atoms with Crippen molar-refractivity contribution in [3.8, 4) is 0 Å². The lowest BCUT2D eigenvalue weighted by Gasteiger charge is -2.34. The zero-order chi connectivity index (χ0) is 20.1. The minimum absolute atomic E-state index is 0.0102. The molecule has 2 aliphatic heterocycles. The maximum absolute atomic E-state index is 13.4. The maximum atomic E-state index is 13.4. The first-order valence-electron chi connectivity index (χ1n) is 9.97. The number of fused-ring (bicyclic) bond motifs is 3. The fraction of sp³-hybridized carbons (Fsp3) is 0.304. The van der Waals surface area contributed by atoms with Crippen LogP contribution in [0.5, 0.6) is 0 Å². The Hall–Kier alpha value is -3.28. The molecule has 29 heavy (non-hydrogen) atoms. The van der Waals surface area contributed by atoms with E-state index in [4.69, 9.17) is 4.98 Å². The molecule has 6 nitrogen and oxygen atoms in total. The van der Waals surface area contributed by atoms with Gasteiger partial charge in [0, 0.05) is 12.6 Å². The molecule has 2 aromatic rings. The van der Waals surface area contributed by atoms with Gasteiger partial charge in [0.15, 0.2) is 0 Å². The van der Waals surface area contributed by atoms with Gasteiger partial charge in [-0.25, -0.2) is 4.98 Å². The minimum atomic E-state index is -0.642. The van der Waals surface area contributed by atoms with Crippen LogP contribution in [0.15, 0.2) is 69.5 Å². The van der Waals surface area contributed by atoms with E-state index in [0.717, 1.165) is 11.1 Å². The molecule has 5 rings (SSSR count). The third-order valence-corrected chi connectivity index (χ3v) is 5.87. The standard InChI is InChI=1S/C23H22N4O2/c1-13(2)20-21-25-18-10-6-4-8-16(18)23(29)27(21)19(22(28)26-20)11-14-12-24-17-9-5-3-7-15(14)17/h3-10,12-13,17,19-20H,11H2,1-2H3,(H,26,28)/t17?,19-,20+/m1/s1. The number of hydrogen-bond acceptors (Lipinski definition) is 4. The number of hydrogen-bond donors (Lipinski definition) is 1. The van der Waals surface area contributed by atoms with Crippen molar-refractivity contribution in [1.82, 2.24) is 14.9 Å². The number of para-hydroxylation sites is 1. The number of aliphatic imine (C=N–C) groups is 1. The molecule has 6 heteroatoms. The van der Waals surface area contributed by atoms with E-state index in [-0.39, 0.29) is 29.5 Å². The van der Waals surface area contributed by atoms with Crippen LogP contribution in [0.2, 0.25) is 0 Å². The van der Waals surface area contributed by atoms with E-state index in [1.807, 2.05) is 62.6 Å². The number of carbonyl (C=O) groups is 1. The van der Waals surface area contributed by atoms with Gasteiger partial charge in [0.1, 0.15) is 11.9 Å². The van der Waals surface area contributed by atoms with Crippen LogP contribution in [0.25, 0.3) is 10.9 Å². The van der Waals surface area contributed by atoms with Gasteiger partial charge in [-0.05, 0) is 29.2 Å². The first kappa shape index (κ1) is 17.8. The first-order chi connectivity index (χ1) is 14.0. The molecule has 1 aromatic heterocycles. The topological polar surface area (TPSA) is 76.3 Å². The number of nitrogens with one attached hydrogen (secondary N) is 1. The van der Waals surface area contributed by atoms with E-state index < -0.39 is 6.04 Å². The highest BCUT2D eigenvalue weighted by Gasteiger charge is 2.38. The quantitative estimate of drug-likeness (QED) is 0.881. The highest BCUT2D eigenvalue weighted by Crippen LogP contribution is 2.34. The predicted octanol–water partition coefficient (Wildman–Crippen LogP) is 3.03. The van der Waals surface area contributed by atoms with Crippen LogP contribution in [0, 0.1) is 5.92 Å². The molecule has 0 bridgehead atoms. The molecule has 3 aliphatic rings. The van der Waals surface area contributed by atoms with E-state index in [9.17, 15) is 9.59 Å². The fourth-order valence-electron chi connectivity index (χ4n) is 4.35. The molecular formula is C23H22N4O2. The smallest absolute Gasteiger partial charge is 0.262 e. The number of amides is 1. The second-order valence-electron chi connectivity index (χ2n) is 8.06. The van der Waals surface area contributed by atoms with E-state index >= 15 is 0 Å². The van der Waals surface area contributed by atoms with Crippen LogP contribution in [-0.4, -0.2) is 27.7 Å². The number of allylic oxidation sites excluding steroid dienone is 3. The van der Waals surface area contributed by atoms with Crippen molar-refractivity contribution in [2.75, 3.05) is 0 Å². The first-order valence-corrected chi connectivity index (χ1v) is 9.97. The van der Waals surface area contributed by atoms with Crippen LogP contribution in [-0.2, 0) is 4.79 Å². The van der Waals surface area contributed by atoms with Gasteiger partial charge in [0.05, 0.1) is 23.0 Å². The van der Waals surface area contributed by atoms with Gasteiger partial charge in [0.2, 0.25) is 5.91 Å². The van der Waals surface area contributed by atoms with Gasteiger partial charge in [-0.15, -0.1) is 0 Å². The number of carbonyl (C=O) groups excluding carboxylic acids is 1. The van der Waals surface area contributed by atoms with Crippen LogP contribution >= 0.6 is 0 Å². The Labute approximate surface area is 168 Å². The van der Waals surface area contributed by atoms with Crippen LogP contribution in [0.1, 0.15) is 38.2 Å². The molecule has 1 aromatic carbocycles. The highest BCUT2D eigenvalue weighted by molar-refractivity contribution is 5.89. The normalized spacial score (nSPS) is 24.9. The van der Waals surface area contributed by atoms with Gasteiger partial charge in [-0.1, -0.05) is 50.3 Å². The Kier molecular flexibility index (Phi) is 4.08. The van der Waals surface area contributed by atoms with Crippen molar-refractivity contribution >= 4 is 23.0 Å². The van der Waals surface area contributed by atoms with Gasteiger partial charge in [0.25, 0.3) is 5.56 Å². The molecule has 0 saturated carbocycles. The number of rotatable bonds is 3. The molecule has 0 radical (unpaired) electrons. The molecule has 1 N–H and O–H groups in total. The summed E-state index contributed by atoms with van der Waals surface area (Å²) in [5, 5.41) is 3.64. The van der Waals surface area contributed by atoms with E-state index in [1.54, 1.807) is 10.6 Å². The van der Waals surface area contributed by atoms with E-state index in [1.165, 1.54) is 0 Å². The van der Waals surface area contributed by atoms with Gasteiger partial charge in [-0.3, -0.25) is 19.1 Å². The Balaban J connectivity index is 1.67. The Morgan fingerprint density at radius 1 is 1.17 bits per heavy atom. The van der Waals surface area contributed by atoms with Crippen molar-refractivity contribution in [2.45, 2.75) is 38.4 Å². The van der Waals surface area contributed by atoms with Crippen LogP contribution in [0.3, 0.4) is 0 Å². The lowest BCUT2D eigenvalue weighted by molar-refractivity contribution is -0.127. The van der Waals surface area contributed by atoms with Crippen molar-refractivity contribution in [3.05, 3.63) is 75.9 Å². The number of benzene rings is 1. The van der Waals surface area contributed by atoms with Crippen molar-refractivity contribution < 1.29 is 4.79 Å². The summed E-state index contributed by atoms with van der Waals surface area (Å²) in [6.45, 7) is 4.05. The molecule has 3 atom stereocenters. The molecular weight excluding hydrogens is 364 g/mol. The van der Waals surface area contributed by atoms with Crippen LogP contribution in [0.4, 0.5) is 0 Å². The summed E-state index contributed by atoms with van der Waals surface area (Å²) >= 11 is 0. The molecule has 0 fully saturated rings. The minimum Gasteiger partial charge on any atom is -0.344 e. The Morgan fingerprint density at radius 2 is 2.00 bits per heavy atom. The Morgan fingerprint density at radius 3 is 2.83 bits per heavy atom. The molecule has 1 unspecified atom stereocenters. The average molecular weight is 386 g/mol. The maximum Gasteiger partial charge on any atom is 0.262 e. The van der Waals surface area contributed by atoms with Gasteiger partial charge in [-0.2, -0.15) is 0 Å². The summed E-state index contributed by atoms with van der Waals surface area (Å²) in [4.78, 5) is 35.9. The second kappa shape index (κ2) is 6.65. The number of nitrogens with zero attached hydrogens (tertiary/aromatic N) is 3. The predicted molar refractivity (Wildman–Crippen MR) is 113 cm³/mol. The highest BCUT2D eigenvalue weighted by atomic mass is 16.2. The monoisotopic (exact) mass is 386 g/mol. The second-order valence-corrected chi connectivity index (χ2v) is 8.06. The fourth-order valence-corrected chi connectivity index (χ4v) is 4.35. The Bertz CT molecular complexity index is 1200. The lowest BCUT2D eigenvalue weighted by atomic mass is 9.93. The molecule has 3 heterocycles. The van der Waals surface area contributed by atoms with Crippen molar-refractivity contribution in [2.24, 2.45) is 10.9 Å². The van der Waals surface area contributed by atoms with E-state index in [0.29, 0.717) is 23.1 Å². The van der Waals surface area contributed by atoms with E-state index in [2.05, 4.69) is 10.3 Å². The third-order valence-electron chi connectivity index (χ3n) is 5.87. The largest absolute Gasteiger partial charge is 0.344 e. The molecule has 0 saturated heterocycles. The van der Waals surface area contributed by atoms with Gasteiger partial charge < -0.3 is 5.32 Å². The summed E-state index contributed by atoms with van der Waals surface area (Å²) in [5.74, 6) is 0.602. The zero-order valence-corrected chi connectivity index (χ0v) is 16.4. The summed E-state index contributed by atoms with van der Waals surface area (Å²) in [5.41, 5.74) is 2.58. The van der Waals surface area contributed by atoms with Crippen LogP contribution < -0.4 is 10.9 Å². The molecule has 1 aliphatic carbocycles. The summed E-state index contributed by atoms with van der Waals surface area (Å²) in [6, 6.07) is 6.39. The average Bonchev–Trinajstić information content (AvgIpc) is 3.13. The zero-order valence-electron chi connectivity index (χ0n) is 16.4. The lowest BCUT2D eigenvalue weighted by Crippen LogP contribution is -2.49. The molecule has 0 spiro atoms. The molecule has 146 valence electrons. The summed E-state index contributed by atoms with van der Waals surface area (Å²) < 4.78 is 1.61. The molecule has 1 amide bonds. The van der Waals surface area contributed by atoms with Crippen molar-refractivity contribution in [1.29, 1.82) is 0 Å². The SMILES string of the molecule is CC(C)[C@@H]1NC(=O)[C@@H](CC2=C3C=CC=CC3N=C2)n2c1nc1ccccc1c2=O. The third kappa shape index (κ3) is 2.78. The number of aromatic nitrogens is 2. The van der Waals surface area contributed by atoms with Gasteiger partial charge >= 0.3 is 0 Å². The summed E-state index contributed by atoms with van der Waals surface area (Å²) in [7, 11) is 0. The summed E-state index contributed by atoms with van der Waals surface area (Å²) in [6.07, 6.45) is 10.3. The van der Waals surface area contributed by atoms with Crippen molar-refractivity contribution in [3.63, 3.8) is 0 Å².